The van der Waals surface area contributed by atoms with Crippen LogP contribution in [0, 0.1) is 0 Å². The number of hydrogen-bond donors (Lipinski definition) is 1. The van der Waals surface area contributed by atoms with Crippen molar-refractivity contribution >= 4 is 0 Å². The molecule has 0 bridgehead atoms. The Morgan fingerprint density at radius 1 is 1.60 bits per heavy atom. The molecule has 60 valence electrons. The van der Waals surface area contributed by atoms with Crippen molar-refractivity contribution in [1.29, 1.82) is 0 Å². The van der Waals surface area contributed by atoms with E-state index in [9.17, 15) is 0 Å². The van der Waals surface area contributed by atoms with Crippen LogP contribution >= 0.6 is 0 Å². The highest BCUT2D eigenvalue weighted by Crippen LogP contribution is 2.19. The lowest BCUT2D eigenvalue weighted by Crippen LogP contribution is -2.45. The molecule has 10 heavy (non-hydrogen) atoms. The van der Waals surface area contributed by atoms with Gasteiger partial charge in [-0.2, -0.15) is 0 Å². The maximum atomic E-state index is 3.39. The van der Waals surface area contributed by atoms with Gasteiger partial charge in [-0.15, -0.1) is 0 Å². The second-order valence-corrected chi connectivity index (χ2v) is 3.44. The van der Waals surface area contributed by atoms with E-state index in [1.165, 1.54) is 13.0 Å². The predicted molar refractivity (Wildman–Crippen MR) is 44.2 cm³/mol. The van der Waals surface area contributed by atoms with Crippen LogP contribution in [-0.2, 0) is 0 Å². The Hall–Kier alpha value is -0.0800. The molecule has 0 spiro atoms. The molecular formula is C8H18N2. The van der Waals surface area contributed by atoms with Gasteiger partial charge in [-0.05, 0) is 33.5 Å². The van der Waals surface area contributed by atoms with E-state index in [-0.39, 0.29) is 0 Å². The molecule has 0 radical (unpaired) electrons. The third-order valence-corrected chi connectivity index (χ3v) is 2.74. The molecule has 1 fully saturated rings. The molecule has 0 aromatic carbocycles. The molecule has 1 rings (SSSR count). The summed E-state index contributed by atoms with van der Waals surface area (Å²) in [5.74, 6) is 0. The number of likely N-dealkylation sites (N-methyl/N-ethyl adjacent to an activating group) is 1. The Labute approximate surface area is 63.6 Å². The lowest BCUT2D eigenvalue weighted by molar-refractivity contribution is 0.165. The average Bonchev–Trinajstić information content (AvgIpc) is 2.36. The van der Waals surface area contributed by atoms with Gasteiger partial charge in [0, 0.05) is 12.1 Å². The average molecular weight is 142 g/mol. The minimum atomic E-state index is 0.425. The first-order valence-corrected chi connectivity index (χ1v) is 4.11. The normalized spacial score (nSPS) is 33.6. The third-order valence-electron chi connectivity index (χ3n) is 2.74. The second kappa shape index (κ2) is 2.89. The topological polar surface area (TPSA) is 15.3 Å². The zero-order valence-electron chi connectivity index (χ0n) is 7.28. The Bertz CT molecular complexity index is 106. The molecule has 2 nitrogen and oxygen atoms in total. The van der Waals surface area contributed by atoms with Gasteiger partial charge in [0.25, 0.3) is 0 Å². The van der Waals surface area contributed by atoms with Gasteiger partial charge in [-0.25, -0.2) is 0 Å². The summed E-state index contributed by atoms with van der Waals surface area (Å²) in [5.41, 5.74) is 0.425. The molecule has 0 aromatic rings. The lowest BCUT2D eigenvalue weighted by atomic mass is 10.00. The van der Waals surface area contributed by atoms with Gasteiger partial charge in [0.05, 0.1) is 0 Å². The number of nitrogens with zero attached hydrogens (tertiary/aromatic N) is 1. The van der Waals surface area contributed by atoms with Gasteiger partial charge in [0.15, 0.2) is 0 Å². The predicted octanol–water partition coefficient (Wildman–Crippen LogP) is 0.690. The van der Waals surface area contributed by atoms with Crippen molar-refractivity contribution in [2.45, 2.75) is 25.8 Å². The summed E-state index contributed by atoms with van der Waals surface area (Å²) in [6, 6.07) is 0. The van der Waals surface area contributed by atoms with Crippen molar-refractivity contribution in [3.05, 3.63) is 0 Å². The Balaban J connectivity index is 2.49. The van der Waals surface area contributed by atoms with Crippen LogP contribution < -0.4 is 5.32 Å². The van der Waals surface area contributed by atoms with Crippen LogP contribution in [0.3, 0.4) is 0 Å². The van der Waals surface area contributed by atoms with Crippen LogP contribution in [0.2, 0.25) is 0 Å². The van der Waals surface area contributed by atoms with Crippen molar-refractivity contribution in [3.63, 3.8) is 0 Å². The number of hydrogen-bond acceptors (Lipinski definition) is 2. The maximum Gasteiger partial charge on any atom is 0.0314 e. The smallest absolute Gasteiger partial charge is 0.0314 e. The molecule has 0 saturated carbocycles. The Morgan fingerprint density at radius 2 is 2.30 bits per heavy atom. The van der Waals surface area contributed by atoms with Crippen LogP contribution in [0.4, 0.5) is 0 Å². The maximum absolute atomic E-state index is 3.39. The first-order valence-electron chi connectivity index (χ1n) is 4.11. The van der Waals surface area contributed by atoms with Crippen LogP contribution in [0.15, 0.2) is 0 Å². The van der Waals surface area contributed by atoms with Crippen molar-refractivity contribution in [2.75, 3.05) is 26.7 Å². The van der Waals surface area contributed by atoms with Gasteiger partial charge >= 0.3 is 0 Å². The van der Waals surface area contributed by atoms with E-state index in [0.29, 0.717) is 5.54 Å². The standard InChI is InChI=1S/C8H18N2/c1-4-10(3)8(2)5-6-9-7-8/h9H,4-7H2,1-3H3. The van der Waals surface area contributed by atoms with Crippen molar-refractivity contribution in [1.82, 2.24) is 10.2 Å². The number of rotatable bonds is 2. The van der Waals surface area contributed by atoms with Crippen LogP contribution in [0.25, 0.3) is 0 Å². The van der Waals surface area contributed by atoms with Crippen molar-refractivity contribution in [2.24, 2.45) is 0 Å². The highest BCUT2D eigenvalue weighted by Gasteiger charge is 2.31. The summed E-state index contributed by atoms with van der Waals surface area (Å²) in [5, 5.41) is 3.39. The van der Waals surface area contributed by atoms with Gasteiger partial charge in [0.2, 0.25) is 0 Å². The Kier molecular flexibility index (Phi) is 2.32. The minimum absolute atomic E-state index is 0.425. The van der Waals surface area contributed by atoms with Gasteiger partial charge < -0.3 is 5.32 Å². The fraction of sp³-hybridized carbons (Fsp3) is 1.00. The van der Waals surface area contributed by atoms with E-state index >= 15 is 0 Å². The molecule has 1 N–H and O–H groups in total. The molecule has 0 amide bonds. The van der Waals surface area contributed by atoms with E-state index in [2.05, 4.69) is 31.1 Å². The third kappa shape index (κ3) is 1.32. The van der Waals surface area contributed by atoms with Gasteiger partial charge in [0.1, 0.15) is 0 Å². The zero-order valence-corrected chi connectivity index (χ0v) is 7.28. The molecule has 1 saturated heterocycles. The zero-order chi connectivity index (χ0) is 7.61. The minimum Gasteiger partial charge on any atom is -0.315 e. The fourth-order valence-electron chi connectivity index (χ4n) is 1.51. The number of nitrogens with one attached hydrogen (secondary N) is 1. The van der Waals surface area contributed by atoms with E-state index in [0.717, 1.165) is 13.1 Å². The summed E-state index contributed by atoms with van der Waals surface area (Å²) in [4.78, 5) is 2.42. The molecule has 0 aliphatic carbocycles. The SMILES string of the molecule is CCN(C)C1(C)CCNC1. The fourth-order valence-corrected chi connectivity index (χ4v) is 1.51. The highest BCUT2D eigenvalue weighted by atomic mass is 15.2. The molecule has 2 heteroatoms. The van der Waals surface area contributed by atoms with Crippen LogP contribution in [0.5, 0.6) is 0 Å². The molecule has 0 aromatic heterocycles. The van der Waals surface area contributed by atoms with E-state index < -0.39 is 0 Å². The molecule has 1 aliphatic rings. The molecule has 1 unspecified atom stereocenters. The second-order valence-electron chi connectivity index (χ2n) is 3.44. The van der Waals surface area contributed by atoms with Crippen LogP contribution in [0.1, 0.15) is 20.3 Å². The van der Waals surface area contributed by atoms with Gasteiger partial charge in [-0.1, -0.05) is 6.92 Å². The largest absolute Gasteiger partial charge is 0.315 e. The molecule has 1 heterocycles. The van der Waals surface area contributed by atoms with E-state index in [1.54, 1.807) is 0 Å². The van der Waals surface area contributed by atoms with Crippen LogP contribution in [-0.4, -0.2) is 37.1 Å². The summed E-state index contributed by atoms with van der Waals surface area (Å²) < 4.78 is 0. The molecule has 1 aliphatic heterocycles. The monoisotopic (exact) mass is 142 g/mol. The molecule has 1 atom stereocenters. The summed E-state index contributed by atoms with van der Waals surface area (Å²) >= 11 is 0. The summed E-state index contributed by atoms with van der Waals surface area (Å²) in [7, 11) is 2.20. The lowest BCUT2D eigenvalue weighted by Gasteiger charge is -2.33. The first-order chi connectivity index (χ1) is 4.69. The Morgan fingerprint density at radius 3 is 2.70 bits per heavy atom. The summed E-state index contributed by atoms with van der Waals surface area (Å²) in [6.07, 6.45) is 1.29. The van der Waals surface area contributed by atoms with E-state index in [4.69, 9.17) is 0 Å². The van der Waals surface area contributed by atoms with Crippen molar-refractivity contribution in [3.8, 4) is 0 Å². The highest BCUT2D eigenvalue weighted by molar-refractivity contribution is 4.91. The summed E-state index contributed by atoms with van der Waals surface area (Å²) in [6.45, 7) is 8.02. The first kappa shape index (κ1) is 8.02. The van der Waals surface area contributed by atoms with Crippen molar-refractivity contribution < 1.29 is 0 Å². The quantitative estimate of drug-likeness (QED) is 0.610. The molecular weight excluding hydrogens is 124 g/mol. The van der Waals surface area contributed by atoms with E-state index in [1.807, 2.05) is 0 Å². The van der Waals surface area contributed by atoms with Gasteiger partial charge in [-0.3, -0.25) is 4.90 Å².